The van der Waals surface area contributed by atoms with Crippen LogP contribution in [0.5, 0.6) is 0 Å². The maximum Gasteiger partial charge on any atom is 0.237 e. The number of nitrogens with one attached hydrogen (secondary N) is 1. The predicted octanol–water partition coefficient (Wildman–Crippen LogP) is 4.48. The van der Waals surface area contributed by atoms with E-state index in [1.807, 2.05) is 41.9 Å². The number of anilines is 1. The van der Waals surface area contributed by atoms with Crippen LogP contribution in [0.2, 0.25) is 0 Å². The van der Waals surface area contributed by atoms with Crippen molar-refractivity contribution < 1.29 is 13.6 Å². The van der Waals surface area contributed by atoms with Crippen molar-refractivity contribution >= 4 is 23.4 Å². The van der Waals surface area contributed by atoms with E-state index < -0.39 is 16.9 Å². The molecule has 0 radical (unpaired) electrons. The second kappa shape index (κ2) is 7.70. The maximum atomic E-state index is 13.7. The van der Waals surface area contributed by atoms with Crippen molar-refractivity contribution in [2.24, 2.45) is 7.05 Å². The highest BCUT2D eigenvalue weighted by Gasteiger charge is 2.19. The minimum absolute atomic E-state index is 0.0475. The Balaban J connectivity index is 1.71. The van der Waals surface area contributed by atoms with E-state index in [9.17, 15) is 13.6 Å². The molecule has 2 aromatic carbocycles. The third kappa shape index (κ3) is 3.94. The van der Waals surface area contributed by atoms with Crippen molar-refractivity contribution in [1.29, 1.82) is 0 Å². The van der Waals surface area contributed by atoms with Crippen LogP contribution in [0.1, 0.15) is 6.92 Å². The smallest absolute Gasteiger partial charge is 0.237 e. The highest BCUT2D eigenvalue weighted by molar-refractivity contribution is 8.00. The van der Waals surface area contributed by atoms with Crippen LogP contribution in [0, 0.1) is 11.6 Å². The molecule has 0 aliphatic carbocycles. The van der Waals surface area contributed by atoms with Gasteiger partial charge < -0.3 is 9.88 Å². The van der Waals surface area contributed by atoms with Gasteiger partial charge in [-0.2, -0.15) is 0 Å². The Labute approximate surface area is 154 Å². The summed E-state index contributed by atoms with van der Waals surface area (Å²) in [4.78, 5) is 16.7. The molecule has 0 bridgehead atoms. The van der Waals surface area contributed by atoms with E-state index in [0.717, 1.165) is 23.4 Å². The zero-order chi connectivity index (χ0) is 18.7. The SMILES string of the molecule is CC(Sc1ncc(-c2ccccc2)n1C)C(=O)Nc1ccc(F)cc1F. The van der Waals surface area contributed by atoms with Crippen molar-refractivity contribution in [3.05, 3.63) is 66.4 Å². The van der Waals surface area contributed by atoms with Crippen molar-refractivity contribution in [2.75, 3.05) is 5.32 Å². The van der Waals surface area contributed by atoms with Crippen LogP contribution in [0.15, 0.2) is 59.9 Å². The van der Waals surface area contributed by atoms with Crippen LogP contribution < -0.4 is 5.32 Å². The molecule has 1 amide bonds. The number of aromatic nitrogens is 2. The van der Waals surface area contributed by atoms with Crippen LogP contribution in [-0.2, 0) is 11.8 Å². The zero-order valence-electron chi connectivity index (χ0n) is 14.2. The molecule has 0 saturated heterocycles. The molecule has 3 rings (SSSR count). The normalized spacial score (nSPS) is 12.0. The Morgan fingerprint density at radius 1 is 1.19 bits per heavy atom. The lowest BCUT2D eigenvalue weighted by molar-refractivity contribution is -0.115. The summed E-state index contributed by atoms with van der Waals surface area (Å²) in [6, 6.07) is 12.8. The molecule has 0 aliphatic heterocycles. The number of amides is 1. The average Bonchev–Trinajstić information content (AvgIpc) is 2.98. The van der Waals surface area contributed by atoms with Crippen LogP contribution in [-0.4, -0.2) is 20.7 Å². The van der Waals surface area contributed by atoms with Gasteiger partial charge in [0.15, 0.2) is 5.16 Å². The van der Waals surface area contributed by atoms with E-state index >= 15 is 0 Å². The van der Waals surface area contributed by atoms with Gasteiger partial charge in [-0.05, 0) is 24.6 Å². The molecule has 1 unspecified atom stereocenters. The van der Waals surface area contributed by atoms with Crippen LogP contribution in [0.4, 0.5) is 14.5 Å². The fraction of sp³-hybridized carbons (Fsp3) is 0.158. The van der Waals surface area contributed by atoms with Gasteiger partial charge in [-0.25, -0.2) is 13.8 Å². The Kier molecular flexibility index (Phi) is 5.37. The standard InChI is InChI=1S/C19H17F2N3OS/c1-12(18(25)23-16-9-8-14(20)10-15(16)21)26-19-22-11-17(24(19)2)13-6-4-3-5-7-13/h3-12H,1-2H3,(H,23,25). The third-order valence-corrected chi connectivity index (χ3v) is 5.01. The van der Waals surface area contributed by atoms with Crippen LogP contribution >= 0.6 is 11.8 Å². The molecule has 0 spiro atoms. The summed E-state index contributed by atoms with van der Waals surface area (Å²) in [7, 11) is 1.88. The van der Waals surface area contributed by atoms with E-state index in [2.05, 4.69) is 10.3 Å². The molecule has 3 aromatic rings. The molecular weight excluding hydrogens is 356 g/mol. The molecule has 26 heavy (non-hydrogen) atoms. The first kappa shape index (κ1) is 18.1. The molecule has 4 nitrogen and oxygen atoms in total. The molecule has 7 heteroatoms. The lowest BCUT2D eigenvalue weighted by atomic mass is 10.2. The molecule has 134 valence electrons. The Morgan fingerprint density at radius 2 is 1.92 bits per heavy atom. The van der Waals surface area contributed by atoms with Gasteiger partial charge in [-0.1, -0.05) is 42.1 Å². The minimum atomic E-state index is -0.807. The highest BCUT2D eigenvalue weighted by Crippen LogP contribution is 2.28. The molecule has 0 saturated carbocycles. The Hall–Kier alpha value is -2.67. The number of halogens is 2. The Morgan fingerprint density at radius 3 is 2.62 bits per heavy atom. The molecule has 1 N–H and O–H groups in total. The first-order chi connectivity index (χ1) is 12.5. The first-order valence-corrected chi connectivity index (χ1v) is 8.83. The number of benzene rings is 2. The van der Waals surface area contributed by atoms with Crippen molar-refractivity contribution in [1.82, 2.24) is 9.55 Å². The fourth-order valence-electron chi connectivity index (χ4n) is 2.42. The third-order valence-electron chi connectivity index (χ3n) is 3.86. The average molecular weight is 373 g/mol. The van der Waals surface area contributed by atoms with E-state index in [4.69, 9.17) is 0 Å². The summed E-state index contributed by atoms with van der Waals surface area (Å²) in [6.07, 6.45) is 1.75. The van der Waals surface area contributed by atoms with Crippen LogP contribution in [0.3, 0.4) is 0 Å². The number of thioether (sulfide) groups is 1. The largest absolute Gasteiger partial charge is 0.323 e. The number of nitrogens with zero attached hydrogens (tertiary/aromatic N) is 2. The molecule has 1 heterocycles. The summed E-state index contributed by atoms with van der Waals surface area (Å²) >= 11 is 1.27. The van der Waals surface area contributed by atoms with Gasteiger partial charge in [0, 0.05) is 13.1 Å². The van der Waals surface area contributed by atoms with Gasteiger partial charge in [0.05, 0.1) is 22.8 Å². The Bertz CT molecular complexity index is 928. The topological polar surface area (TPSA) is 46.9 Å². The summed E-state index contributed by atoms with van der Waals surface area (Å²) in [5, 5.41) is 2.64. The molecule has 0 fully saturated rings. The van der Waals surface area contributed by atoms with E-state index in [1.54, 1.807) is 13.1 Å². The number of carbonyl (C=O) groups excluding carboxylic acids is 1. The summed E-state index contributed by atoms with van der Waals surface area (Å²) in [5.41, 5.74) is 1.92. The minimum Gasteiger partial charge on any atom is -0.323 e. The van der Waals surface area contributed by atoms with Crippen molar-refractivity contribution in [2.45, 2.75) is 17.3 Å². The second-order valence-electron chi connectivity index (χ2n) is 5.72. The lowest BCUT2D eigenvalue weighted by Crippen LogP contribution is -2.23. The van der Waals surface area contributed by atoms with E-state index in [-0.39, 0.29) is 11.6 Å². The lowest BCUT2D eigenvalue weighted by Gasteiger charge is -2.13. The van der Waals surface area contributed by atoms with Gasteiger partial charge >= 0.3 is 0 Å². The van der Waals surface area contributed by atoms with Crippen molar-refractivity contribution in [3.63, 3.8) is 0 Å². The van der Waals surface area contributed by atoms with Crippen molar-refractivity contribution in [3.8, 4) is 11.3 Å². The summed E-state index contributed by atoms with van der Waals surface area (Å²) < 4.78 is 28.5. The maximum absolute atomic E-state index is 13.7. The fourth-order valence-corrected chi connectivity index (χ4v) is 3.27. The van der Waals surface area contributed by atoms with Crippen LogP contribution in [0.25, 0.3) is 11.3 Å². The number of carbonyl (C=O) groups is 1. The van der Waals surface area contributed by atoms with Gasteiger partial charge in [0.2, 0.25) is 5.91 Å². The molecule has 1 atom stereocenters. The second-order valence-corrected chi connectivity index (χ2v) is 7.03. The summed E-state index contributed by atoms with van der Waals surface area (Å²) in [5.74, 6) is -1.88. The highest BCUT2D eigenvalue weighted by atomic mass is 32.2. The number of hydrogen-bond acceptors (Lipinski definition) is 3. The number of imidazole rings is 1. The quantitative estimate of drug-likeness (QED) is 0.671. The number of rotatable bonds is 5. The summed E-state index contributed by atoms with van der Waals surface area (Å²) in [6.45, 7) is 1.71. The van der Waals surface area contributed by atoms with Gasteiger partial charge in [0.1, 0.15) is 11.6 Å². The zero-order valence-corrected chi connectivity index (χ0v) is 15.1. The monoisotopic (exact) mass is 373 g/mol. The molecule has 0 aliphatic rings. The van der Waals surface area contributed by atoms with Gasteiger partial charge in [-0.3, -0.25) is 4.79 Å². The first-order valence-electron chi connectivity index (χ1n) is 7.95. The van der Waals surface area contributed by atoms with Gasteiger partial charge in [0.25, 0.3) is 0 Å². The number of hydrogen-bond donors (Lipinski definition) is 1. The predicted molar refractivity (Wildman–Crippen MR) is 99.0 cm³/mol. The van der Waals surface area contributed by atoms with E-state index in [1.165, 1.54) is 17.8 Å². The molecule has 1 aromatic heterocycles. The van der Waals surface area contributed by atoms with Gasteiger partial charge in [-0.15, -0.1) is 0 Å². The van der Waals surface area contributed by atoms with E-state index in [0.29, 0.717) is 5.16 Å². The molecular formula is C19H17F2N3OS.